The minimum Gasteiger partial charge on any atom is -0.481 e. The van der Waals surface area contributed by atoms with E-state index in [1.807, 2.05) is 6.07 Å². The van der Waals surface area contributed by atoms with E-state index in [1.54, 1.807) is 0 Å². The van der Waals surface area contributed by atoms with Gasteiger partial charge in [-0.15, -0.1) is 0 Å². The van der Waals surface area contributed by atoms with E-state index in [4.69, 9.17) is 20.8 Å². The van der Waals surface area contributed by atoms with Crippen LogP contribution in [-0.4, -0.2) is 114 Å². The first-order chi connectivity index (χ1) is 16.9. The van der Waals surface area contributed by atoms with Crippen LogP contribution in [0, 0.1) is 0 Å². The average Bonchev–Trinajstić information content (AvgIpc) is 2.86. The van der Waals surface area contributed by atoms with E-state index in [0.29, 0.717) is 37.2 Å². The molecule has 0 aromatic carbocycles. The molecule has 0 spiro atoms. The van der Waals surface area contributed by atoms with E-state index < -0.39 is 11.9 Å². The summed E-state index contributed by atoms with van der Waals surface area (Å²) in [5.74, 6) is 5.39. The minimum atomic E-state index is -1.05. The number of rotatable bonds is 12. The van der Waals surface area contributed by atoms with Crippen LogP contribution in [0.15, 0.2) is 16.2 Å². The van der Waals surface area contributed by atoms with Crippen molar-refractivity contribution in [3.05, 3.63) is 6.07 Å². The maximum atomic E-state index is 10.8. The molecule has 14 heteroatoms. The highest BCUT2D eigenvalue weighted by Gasteiger charge is 2.21. The lowest BCUT2D eigenvalue weighted by Crippen LogP contribution is -2.40. The first-order valence-electron chi connectivity index (χ1n) is 11.6. The van der Waals surface area contributed by atoms with Crippen LogP contribution in [0.5, 0.6) is 0 Å². The number of ether oxygens (including phenoxy) is 1. The van der Waals surface area contributed by atoms with E-state index in [9.17, 15) is 9.59 Å². The monoisotopic (exact) mass is 491 g/mol. The number of aliphatic imine (C=N–C) groups is 1. The molecule has 14 nitrogen and oxygen atoms in total. The van der Waals surface area contributed by atoms with Gasteiger partial charge in [0.25, 0.3) is 0 Å². The number of nitrogens with two attached hydrogens (primary N) is 1. The van der Waals surface area contributed by atoms with Crippen LogP contribution in [0.3, 0.4) is 0 Å². The molecule has 2 aliphatic heterocycles. The fourth-order valence-corrected chi connectivity index (χ4v) is 3.83. The van der Waals surface area contributed by atoms with Crippen LogP contribution in [0.1, 0.15) is 19.3 Å². The van der Waals surface area contributed by atoms with Crippen LogP contribution >= 0.6 is 0 Å². The van der Waals surface area contributed by atoms with Gasteiger partial charge in [-0.3, -0.25) is 14.6 Å². The van der Waals surface area contributed by atoms with Gasteiger partial charge in [-0.25, -0.2) is 0 Å². The zero-order chi connectivity index (χ0) is 25.0. The van der Waals surface area contributed by atoms with Crippen molar-refractivity contribution in [2.24, 2.45) is 15.9 Å². The predicted molar refractivity (Wildman–Crippen MR) is 132 cm³/mol. The summed E-state index contributed by atoms with van der Waals surface area (Å²) in [6, 6.07) is 2.13. The minimum absolute atomic E-state index is 0.150. The maximum Gasteiger partial charge on any atom is 0.325 e. The number of morpholine rings is 1. The molecule has 0 bridgehead atoms. The van der Waals surface area contributed by atoms with Gasteiger partial charge in [0.2, 0.25) is 5.95 Å². The van der Waals surface area contributed by atoms with Gasteiger partial charge in [0.15, 0.2) is 0 Å². The lowest BCUT2D eigenvalue weighted by molar-refractivity contribution is -0.137. The van der Waals surface area contributed by atoms with Gasteiger partial charge in [-0.05, 0) is 12.8 Å². The molecule has 0 atom stereocenters. The second kappa shape index (κ2) is 13.4. The van der Waals surface area contributed by atoms with Crippen molar-refractivity contribution in [2.75, 3.05) is 74.6 Å². The summed E-state index contributed by atoms with van der Waals surface area (Å²) in [5, 5.41) is 27.8. The third-order valence-electron chi connectivity index (χ3n) is 5.69. The Bertz CT molecular complexity index is 912. The number of carbonyl (C=O) groups is 2. The predicted octanol–water partition coefficient (Wildman–Crippen LogP) is -0.454. The van der Waals surface area contributed by atoms with Crippen molar-refractivity contribution >= 4 is 41.4 Å². The molecule has 192 valence electrons. The lowest BCUT2D eigenvalue weighted by atomic mass is 10.0. The topological polar surface area (TPSA) is 191 Å². The van der Waals surface area contributed by atoms with Crippen molar-refractivity contribution in [1.29, 1.82) is 0 Å². The number of nitrogens with zero attached hydrogens (tertiary/aromatic N) is 6. The highest BCUT2D eigenvalue weighted by molar-refractivity contribution is 6.32. The molecular weight excluding hydrogens is 458 g/mol. The van der Waals surface area contributed by atoms with E-state index in [-0.39, 0.29) is 25.6 Å². The second-order valence-corrected chi connectivity index (χ2v) is 8.28. The first-order valence-corrected chi connectivity index (χ1v) is 11.6. The fraction of sp³-hybridized carbons (Fsp3) is 0.619. The van der Waals surface area contributed by atoms with Gasteiger partial charge in [-0.1, -0.05) is 0 Å². The summed E-state index contributed by atoms with van der Waals surface area (Å²) < 4.78 is 5.45. The van der Waals surface area contributed by atoms with Gasteiger partial charge in [-0.2, -0.15) is 15.1 Å². The van der Waals surface area contributed by atoms with Crippen LogP contribution in [0.2, 0.25) is 0 Å². The number of likely N-dealkylation sites (tertiary alicyclic amines) is 1. The van der Waals surface area contributed by atoms with Gasteiger partial charge < -0.3 is 41.2 Å². The van der Waals surface area contributed by atoms with Crippen molar-refractivity contribution in [2.45, 2.75) is 25.3 Å². The molecule has 0 saturated carbocycles. The molecule has 0 amide bonds. The second-order valence-electron chi connectivity index (χ2n) is 8.28. The van der Waals surface area contributed by atoms with Crippen LogP contribution < -0.4 is 21.4 Å². The Hall–Kier alpha value is -3.52. The first kappa shape index (κ1) is 26.1. The van der Waals surface area contributed by atoms with E-state index >= 15 is 0 Å². The number of aliphatic carboxylic acids is 2. The summed E-state index contributed by atoms with van der Waals surface area (Å²) in [4.78, 5) is 38.8. The molecule has 2 saturated heterocycles. The Morgan fingerprint density at radius 2 is 1.91 bits per heavy atom. The number of piperidine rings is 1. The van der Waals surface area contributed by atoms with Crippen molar-refractivity contribution in [1.82, 2.24) is 14.9 Å². The Morgan fingerprint density at radius 1 is 1.17 bits per heavy atom. The number of carboxylic acids is 2. The molecule has 0 radical (unpaired) electrons. The van der Waals surface area contributed by atoms with Gasteiger partial charge in [0.05, 0.1) is 31.9 Å². The summed E-state index contributed by atoms with van der Waals surface area (Å²) in [5.41, 5.74) is 0.356. The van der Waals surface area contributed by atoms with Gasteiger partial charge >= 0.3 is 11.9 Å². The molecule has 0 unspecified atom stereocenters. The molecule has 6 N–H and O–H groups in total. The van der Waals surface area contributed by atoms with E-state index in [1.165, 1.54) is 6.21 Å². The highest BCUT2D eigenvalue weighted by atomic mass is 16.5. The molecule has 1 aromatic heterocycles. The van der Waals surface area contributed by atoms with Crippen LogP contribution in [0.4, 0.5) is 17.6 Å². The highest BCUT2D eigenvalue weighted by Crippen LogP contribution is 2.22. The van der Waals surface area contributed by atoms with Crippen molar-refractivity contribution in [3.8, 4) is 0 Å². The zero-order valence-corrected chi connectivity index (χ0v) is 19.6. The van der Waals surface area contributed by atoms with Crippen molar-refractivity contribution in [3.63, 3.8) is 0 Å². The number of hydrazone groups is 1. The molecule has 2 aliphatic rings. The number of hydrogen-bond donors (Lipinski definition) is 5. The number of hydrogen-bond acceptors (Lipinski definition) is 12. The lowest BCUT2D eigenvalue weighted by Gasteiger charge is -2.32. The summed E-state index contributed by atoms with van der Waals surface area (Å²) in [6.45, 7) is 4.68. The number of anilines is 3. The number of aromatic nitrogens is 2. The smallest absolute Gasteiger partial charge is 0.325 e. The summed E-state index contributed by atoms with van der Waals surface area (Å²) in [7, 11) is 0. The van der Waals surface area contributed by atoms with E-state index in [0.717, 1.165) is 44.8 Å². The third-order valence-corrected chi connectivity index (χ3v) is 5.69. The largest absolute Gasteiger partial charge is 0.481 e. The number of nitrogens with one attached hydrogen (secondary N) is 2. The van der Waals surface area contributed by atoms with Gasteiger partial charge in [0.1, 0.15) is 18.2 Å². The zero-order valence-electron chi connectivity index (χ0n) is 19.6. The van der Waals surface area contributed by atoms with Crippen LogP contribution in [0.25, 0.3) is 0 Å². The SMILES string of the molecule is N/N=C(\C=NCC(=O)O)CNc1nc(NC2CCN(CCC(=O)O)CC2)cc(N2CCOCC2)n1. The standard InChI is InChI=1S/C21H33N9O5/c22-28-16(12-23-14-20(33)34)13-24-21-26-17(11-18(27-21)30-7-9-35-10-8-30)25-15-1-4-29(5-2-15)6-3-19(31)32/h11-12,15H,1-10,13-14,22H2,(H,31,32)(H,33,34)(H2,24,25,26,27)/b23-12?,28-16+. The van der Waals surface area contributed by atoms with Crippen LogP contribution in [-0.2, 0) is 14.3 Å². The Balaban J connectivity index is 1.65. The Kier molecular flexibility index (Phi) is 9.98. The normalized spacial score (nSPS) is 18.1. The molecule has 2 fully saturated rings. The van der Waals surface area contributed by atoms with Gasteiger partial charge in [0, 0.05) is 51.0 Å². The van der Waals surface area contributed by atoms with E-state index in [2.05, 4.69) is 40.5 Å². The quantitative estimate of drug-likeness (QED) is 0.144. The molecule has 35 heavy (non-hydrogen) atoms. The molecular formula is C21H33N9O5. The molecule has 1 aromatic rings. The fourth-order valence-electron chi connectivity index (χ4n) is 3.83. The van der Waals surface area contributed by atoms with Crippen molar-refractivity contribution < 1.29 is 24.5 Å². The molecule has 3 rings (SSSR count). The molecule has 0 aliphatic carbocycles. The Morgan fingerprint density at radius 3 is 2.57 bits per heavy atom. The summed E-state index contributed by atoms with van der Waals surface area (Å²) in [6.07, 6.45) is 3.22. The Labute approximate surface area is 203 Å². The molecule has 3 heterocycles. The number of carboxylic acid groups (broad SMARTS) is 2. The third kappa shape index (κ3) is 8.98. The maximum absolute atomic E-state index is 10.8. The summed E-state index contributed by atoms with van der Waals surface area (Å²) >= 11 is 0. The average molecular weight is 492 g/mol.